The number of nitrogens with one attached hydrogen (secondary N) is 2. The zero-order valence-corrected chi connectivity index (χ0v) is 15.1. The maximum atomic E-state index is 13.8. The van der Waals surface area contributed by atoms with Gasteiger partial charge in [0.25, 0.3) is 0 Å². The summed E-state index contributed by atoms with van der Waals surface area (Å²) in [6.45, 7) is 6.23. The summed E-state index contributed by atoms with van der Waals surface area (Å²) in [5, 5.41) is 3.28. The smallest absolute Gasteiger partial charge is 0.225 e. The van der Waals surface area contributed by atoms with Crippen molar-refractivity contribution >= 4 is 22.8 Å². The molecule has 0 radical (unpaired) electrons. The summed E-state index contributed by atoms with van der Waals surface area (Å²) in [5.74, 6) is 1.23. The average molecular weight is 342 g/mol. The van der Waals surface area contributed by atoms with E-state index >= 15 is 0 Å². The Morgan fingerprint density at radius 3 is 2.64 bits per heavy atom. The number of aromatic amines is 1. The van der Waals surface area contributed by atoms with E-state index in [0.29, 0.717) is 5.95 Å². The first kappa shape index (κ1) is 17.1. The van der Waals surface area contributed by atoms with Crippen LogP contribution >= 0.6 is 0 Å². The SMILES string of the molecule is Cc1ccc2nc([C@H](Nc3ncc(F)c(N(C)C)n3)C(C)C)[nH]c2c1. The van der Waals surface area contributed by atoms with Gasteiger partial charge in [-0.05, 0) is 30.5 Å². The molecule has 0 saturated heterocycles. The van der Waals surface area contributed by atoms with Gasteiger partial charge in [-0.3, -0.25) is 0 Å². The zero-order chi connectivity index (χ0) is 18.1. The van der Waals surface area contributed by atoms with Gasteiger partial charge in [-0.2, -0.15) is 4.98 Å². The van der Waals surface area contributed by atoms with E-state index in [9.17, 15) is 4.39 Å². The molecule has 0 unspecified atom stereocenters. The van der Waals surface area contributed by atoms with Crippen molar-refractivity contribution in [1.29, 1.82) is 0 Å². The molecular weight excluding hydrogens is 319 g/mol. The average Bonchev–Trinajstić information content (AvgIpc) is 2.95. The molecule has 0 aliphatic heterocycles. The topological polar surface area (TPSA) is 69.7 Å². The van der Waals surface area contributed by atoms with Gasteiger partial charge in [-0.25, -0.2) is 14.4 Å². The number of hydrogen-bond acceptors (Lipinski definition) is 5. The lowest BCUT2D eigenvalue weighted by Crippen LogP contribution is -2.21. The van der Waals surface area contributed by atoms with Crippen molar-refractivity contribution in [3.8, 4) is 0 Å². The van der Waals surface area contributed by atoms with Crippen LogP contribution in [0.25, 0.3) is 11.0 Å². The molecule has 3 aromatic rings. The maximum Gasteiger partial charge on any atom is 0.225 e. The van der Waals surface area contributed by atoms with Gasteiger partial charge >= 0.3 is 0 Å². The van der Waals surface area contributed by atoms with E-state index in [1.54, 1.807) is 19.0 Å². The predicted molar refractivity (Wildman–Crippen MR) is 98.3 cm³/mol. The minimum absolute atomic E-state index is 0.117. The molecule has 25 heavy (non-hydrogen) atoms. The molecule has 132 valence electrons. The summed E-state index contributed by atoms with van der Waals surface area (Å²) in [7, 11) is 3.49. The number of rotatable bonds is 5. The van der Waals surface area contributed by atoms with Gasteiger partial charge in [0.05, 0.1) is 23.3 Å². The summed E-state index contributed by atoms with van der Waals surface area (Å²) in [5.41, 5.74) is 3.09. The normalized spacial score (nSPS) is 12.6. The molecule has 1 atom stereocenters. The minimum Gasteiger partial charge on any atom is -0.360 e. The van der Waals surface area contributed by atoms with Gasteiger partial charge in [-0.1, -0.05) is 19.9 Å². The van der Waals surface area contributed by atoms with E-state index in [1.807, 2.05) is 19.1 Å². The molecule has 7 heteroatoms. The summed E-state index contributed by atoms with van der Waals surface area (Å²) in [6.07, 6.45) is 1.18. The van der Waals surface area contributed by atoms with Gasteiger partial charge in [-0.15, -0.1) is 0 Å². The van der Waals surface area contributed by atoms with E-state index in [4.69, 9.17) is 0 Å². The van der Waals surface area contributed by atoms with Crippen LogP contribution in [0.5, 0.6) is 0 Å². The van der Waals surface area contributed by atoms with Crippen LogP contribution in [0, 0.1) is 18.7 Å². The molecule has 1 aromatic carbocycles. The van der Waals surface area contributed by atoms with Crippen molar-refractivity contribution in [2.45, 2.75) is 26.8 Å². The van der Waals surface area contributed by atoms with Gasteiger partial charge in [0.15, 0.2) is 11.6 Å². The lowest BCUT2D eigenvalue weighted by Gasteiger charge is -2.21. The van der Waals surface area contributed by atoms with Crippen molar-refractivity contribution in [3.63, 3.8) is 0 Å². The number of imidazole rings is 1. The second-order valence-electron chi connectivity index (χ2n) is 6.77. The van der Waals surface area contributed by atoms with E-state index in [-0.39, 0.29) is 17.8 Å². The second kappa shape index (κ2) is 6.66. The number of nitrogens with zero attached hydrogens (tertiary/aromatic N) is 4. The van der Waals surface area contributed by atoms with Crippen molar-refractivity contribution in [3.05, 3.63) is 41.6 Å². The zero-order valence-electron chi connectivity index (χ0n) is 15.1. The lowest BCUT2D eigenvalue weighted by atomic mass is 10.0. The van der Waals surface area contributed by atoms with Crippen LogP contribution in [0.15, 0.2) is 24.4 Å². The third kappa shape index (κ3) is 3.55. The Bertz CT molecular complexity index is 886. The lowest BCUT2D eigenvalue weighted by molar-refractivity contribution is 0.522. The first-order valence-corrected chi connectivity index (χ1v) is 8.28. The highest BCUT2D eigenvalue weighted by atomic mass is 19.1. The van der Waals surface area contributed by atoms with Crippen LogP contribution in [0.4, 0.5) is 16.2 Å². The fraction of sp³-hybridized carbons (Fsp3) is 0.389. The molecular formula is C18H23FN6. The van der Waals surface area contributed by atoms with Crippen LogP contribution in [-0.2, 0) is 0 Å². The highest BCUT2D eigenvalue weighted by Crippen LogP contribution is 2.26. The monoisotopic (exact) mass is 342 g/mol. The molecule has 0 aliphatic rings. The van der Waals surface area contributed by atoms with Crippen LogP contribution < -0.4 is 10.2 Å². The Balaban J connectivity index is 1.94. The number of aromatic nitrogens is 4. The van der Waals surface area contributed by atoms with Gasteiger partial charge < -0.3 is 15.2 Å². The molecule has 2 heterocycles. The number of fused-ring (bicyclic) bond motifs is 1. The Morgan fingerprint density at radius 1 is 1.20 bits per heavy atom. The number of hydrogen-bond donors (Lipinski definition) is 2. The van der Waals surface area contributed by atoms with Crippen molar-refractivity contribution in [2.24, 2.45) is 5.92 Å². The molecule has 0 saturated carbocycles. The van der Waals surface area contributed by atoms with Crippen LogP contribution in [0.2, 0.25) is 0 Å². The maximum absolute atomic E-state index is 13.8. The Morgan fingerprint density at radius 2 is 1.96 bits per heavy atom. The van der Waals surface area contributed by atoms with Gasteiger partial charge in [0, 0.05) is 14.1 Å². The molecule has 0 aliphatic carbocycles. The predicted octanol–water partition coefficient (Wildman–Crippen LogP) is 3.68. The van der Waals surface area contributed by atoms with E-state index in [0.717, 1.165) is 16.9 Å². The highest BCUT2D eigenvalue weighted by molar-refractivity contribution is 5.76. The fourth-order valence-electron chi connectivity index (χ4n) is 2.72. The number of aryl methyl sites for hydroxylation is 1. The number of halogens is 1. The summed E-state index contributed by atoms with van der Waals surface area (Å²) in [6, 6.07) is 5.99. The van der Waals surface area contributed by atoms with Crippen molar-refractivity contribution in [2.75, 3.05) is 24.3 Å². The largest absolute Gasteiger partial charge is 0.360 e. The second-order valence-corrected chi connectivity index (χ2v) is 6.77. The number of anilines is 2. The molecule has 0 bridgehead atoms. The highest BCUT2D eigenvalue weighted by Gasteiger charge is 2.21. The van der Waals surface area contributed by atoms with Crippen LogP contribution in [-0.4, -0.2) is 34.0 Å². The van der Waals surface area contributed by atoms with E-state index in [1.165, 1.54) is 11.8 Å². The molecule has 3 rings (SSSR count). The standard InChI is InChI=1S/C18H23FN6/c1-10(2)15(16-21-13-7-6-11(3)8-14(13)22-16)23-18-20-9-12(19)17(24-18)25(4)5/h6-10,15H,1-5H3,(H,21,22)(H,20,23,24)/t15-/m1/s1. The minimum atomic E-state index is -0.448. The number of H-pyrrole nitrogens is 1. The van der Waals surface area contributed by atoms with Crippen LogP contribution in [0.1, 0.15) is 31.3 Å². The quantitative estimate of drug-likeness (QED) is 0.740. The Kier molecular flexibility index (Phi) is 4.57. The van der Waals surface area contributed by atoms with Crippen LogP contribution in [0.3, 0.4) is 0 Å². The molecule has 0 fully saturated rings. The third-order valence-electron chi connectivity index (χ3n) is 4.05. The fourth-order valence-corrected chi connectivity index (χ4v) is 2.72. The molecule has 0 amide bonds. The van der Waals surface area contributed by atoms with E-state index < -0.39 is 5.82 Å². The first-order chi connectivity index (χ1) is 11.8. The van der Waals surface area contributed by atoms with Crippen molar-refractivity contribution < 1.29 is 4.39 Å². The summed E-state index contributed by atoms with van der Waals surface area (Å²) >= 11 is 0. The van der Waals surface area contributed by atoms with Gasteiger partial charge in [0.2, 0.25) is 5.95 Å². The summed E-state index contributed by atoms with van der Waals surface area (Å²) in [4.78, 5) is 18.0. The molecule has 0 spiro atoms. The summed E-state index contributed by atoms with van der Waals surface area (Å²) < 4.78 is 13.8. The Labute approximate surface area is 146 Å². The third-order valence-corrected chi connectivity index (χ3v) is 4.05. The molecule has 2 N–H and O–H groups in total. The molecule has 2 aromatic heterocycles. The van der Waals surface area contributed by atoms with Gasteiger partial charge in [0.1, 0.15) is 5.82 Å². The first-order valence-electron chi connectivity index (χ1n) is 8.28. The van der Waals surface area contributed by atoms with Crippen molar-refractivity contribution in [1.82, 2.24) is 19.9 Å². The molecule has 6 nitrogen and oxygen atoms in total. The Hall–Kier alpha value is -2.70. The van der Waals surface area contributed by atoms with E-state index in [2.05, 4.69) is 45.2 Å². The number of benzene rings is 1.